The Morgan fingerprint density at radius 1 is 1.50 bits per heavy atom. The molecule has 0 aromatic carbocycles. The van der Waals surface area contributed by atoms with Gasteiger partial charge in [-0.25, -0.2) is 0 Å². The van der Waals surface area contributed by atoms with Gasteiger partial charge in [-0.3, -0.25) is 0 Å². The van der Waals surface area contributed by atoms with Crippen molar-refractivity contribution in [2.24, 2.45) is 5.92 Å². The van der Waals surface area contributed by atoms with Crippen molar-refractivity contribution in [3.05, 3.63) is 0 Å². The van der Waals surface area contributed by atoms with E-state index in [0.29, 0.717) is 5.92 Å². The summed E-state index contributed by atoms with van der Waals surface area (Å²) in [5.41, 5.74) is 0. The van der Waals surface area contributed by atoms with Gasteiger partial charge in [0.15, 0.2) is 0 Å². The lowest BCUT2D eigenvalue weighted by Gasteiger charge is -2.20. The smallest absolute Gasteiger partial charge is 0.0587 e. The third kappa shape index (κ3) is 3.18. The van der Waals surface area contributed by atoms with E-state index in [2.05, 4.69) is 19.2 Å². The molecule has 0 fully saturated rings. The highest BCUT2D eigenvalue weighted by Gasteiger charge is 2.11. The zero-order valence-electron chi connectivity index (χ0n) is 7.22. The Labute approximate surface area is 63.6 Å². The summed E-state index contributed by atoms with van der Waals surface area (Å²) in [6.45, 7) is 4.58. The molecule has 0 aromatic heterocycles. The summed E-state index contributed by atoms with van der Waals surface area (Å²) >= 11 is 0. The Bertz CT molecular complexity index is 71.7. The van der Waals surface area contributed by atoms with Crippen molar-refractivity contribution in [2.45, 2.75) is 32.7 Å². The van der Waals surface area contributed by atoms with E-state index in [1.807, 2.05) is 7.05 Å². The van der Waals surface area contributed by atoms with Gasteiger partial charge in [0.25, 0.3) is 0 Å². The predicted octanol–water partition coefficient (Wildman–Crippen LogP) is 1.00. The first-order chi connectivity index (χ1) is 4.76. The van der Waals surface area contributed by atoms with Crippen LogP contribution in [0.25, 0.3) is 0 Å². The molecule has 2 nitrogen and oxygen atoms in total. The topological polar surface area (TPSA) is 32.3 Å². The van der Waals surface area contributed by atoms with E-state index in [1.165, 1.54) is 12.8 Å². The van der Waals surface area contributed by atoms with Gasteiger partial charge in [0.05, 0.1) is 6.61 Å². The van der Waals surface area contributed by atoms with Gasteiger partial charge in [-0.05, 0) is 19.4 Å². The maximum atomic E-state index is 8.86. The minimum Gasteiger partial charge on any atom is -0.395 e. The lowest BCUT2D eigenvalue weighted by Crippen LogP contribution is -2.35. The van der Waals surface area contributed by atoms with Crippen molar-refractivity contribution in [1.82, 2.24) is 5.32 Å². The third-order valence-electron chi connectivity index (χ3n) is 2.00. The average molecular weight is 145 g/mol. The van der Waals surface area contributed by atoms with Crippen LogP contribution < -0.4 is 5.32 Å². The van der Waals surface area contributed by atoms with E-state index in [4.69, 9.17) is 5.11 Å². The largest absolute Gasteiger partial charge is 0.395 e. The molecule has 10 heavy (non-hydrogen) atoms. The molecule has 62 valence electrons. The molecule has 2 unspecified atom stereocenters. The van der Waals surface area contributed by atoms with Gasteiger partial charge in [-0.15, -0.1) is 0 Å². The maximum Gasteiger partial charge on any atom is 0.0587 e. The molecule has 2 N–H and O–H groups in total. The summed E-state index contributed by atoms with van der Waals surface area (Å²) in [6.07, 6.45) is 2.38. The van der Waals surface area contributed by atoms with Crippen LogP contribution in [0.15, 0.2) is 0 Å². The molecular weight excluding hydrogens is 126 g/mol. The zero-order chi connectivity index (χ0) is 7.98. The second-order valence-electron chi connectivity index (χ2n) is 2.84. The minimum atomic E-state index is 0.248. The van der Waals surface area contributed by atoms with Gasteiger partial charge in [-0.2, -0.15) is 0 Å². The van der Waals surface area contributed by atoms with Crippen molar-refractivity contribution in [1.29, 1.82) is 0 Å². The molecule has 0 heterocycles. The van der Waals surface area contributed by atoms with Crippen LogP contribution in [0.2, 0.25) is 0 Å². The molecule has 0 aliphatic heterocycles. The quantitative estimate of drug-likeness (QED) is 0.605. The van der Waals surface area contributed by atoms with Crippen LogP contribution in [0.4, 0.5) is 0 Å². The predicted molar refractivity (Wildman–Crippen MR) is 44.0 cm³/mol. The molecule has 0 saturated heterocycles. The van der Waals surface area contributed by atoms with Crippen LogP contribution in [0.5, 0.6) is 0 Å². The highest BCUT2D eigenvalue weighted by molar-refractivity contribution is 4.69. The normalized spacial score (nSPS) is 16.8. The standard InChI is InChI=1S/C8H19NO/c1-4-5-7(2)8(6-10)9-3/h7-10H,4-6H2,1-3H3. The Balaban J connectivity index is 3.53. The minimum absolute atomic E-state index is 0.248. The van der Waals surface area contributed by atoms with Gasteiger partial charge in [0, 0.05) is 6.04 Å². The van der Waals surface area contributed by atoms with Gasteiger partial charge < -0.3 is 10.4 Å². The molecule has 2 heteroatoms. The molecular formula is C8H19NO. The van der Waals surface area contributed by atoms with Gasteiger partial charge >= 0.3 is 0 Å². The first-order valence-corrected chi connectivity index (χ1v) is 4.04. The van der Waals surface area contributed by atoms with Gasteiger partial charge in [0.1, 0.15) is 0 Å². The molecule has 0 saturated carbocycles. The molecule has 0 spiro atoms. The molecule has 0 bridgehead atoms. The Morgan fingerprint density at radius 3 is 2.40 bits per heavy atom. The van der Waals surface area contributed by atoms with Gasteiger partial charge in [-0.1, -0.05) is 20.3 Å². The summed E-state index contributed by atoms with van der Waals surface area (Å²) in [7, 11) is 1.90. The first-order valence-electron chi connectivity index (χ1n) is 4.04. The van der Waals surface area contributed by atoms with E-state index in [0.717, 1.165) is 0 Å². The fourth-order valence-electron chi connectivity index (χ4n) is 1.21. The van der Waals surface area contributed by atoms with Crippen LogP contribution in [0.3, 0.4) is 0 Å². The van der Waals surface area contributed by atoms with Crippen molar-refractivity contribution in [3.63, 3.8) is 0 Å². The summed E-state index contributed by atoms with van der Waals surface area (Å²) in [5, 5.41) is 11.9. The number of hydrogen-bond donors (Lipinski definition) is 2. The third-order valence-corrected chi connectivity index (χ3v) is 2.00. The Morgan fingerprint density at radius 2 is 2.10 bits per heavy atom. The van der Waals surface area contributed by atoms with E-state index in [1.54, 1.807) is 0 Å². The highest BCUT2D eigenvalue weighted by Crippen LogP contribution is 2.09. The number of rotatable bonds is 5. The monoisotopic (exact) mass is 145 g/mol. The summed E-state index contributed by atoms with van der Waals surface area (Å²) < 4.78 is 0. The van der Waals surface area contributed by atoms with Crippen molar-refractivity contribution >= 4 is 0 Å². The summed E-state index contributed by atoms with van der Waals surface area (Å²) in [4.78, 5) is 0. The second-order valence-corrected chi connectivity index (χ2v) is 2.84. The van der Waals surface area contributed by atoms with Gasteiger partial charge in [0.2, 0.25) is 0 Å². The van der Waals surface area contributed by atoms with Crippen molar-refractivity contribution in [3.8, 4) is 0 Å². The van der Waals surface area contributed by atoms with E-state index >= 15 is 0 Å². The van der Waals surface area contributed by atoms with E-state index < -0.39 is 0 Å². The molecule has 2 atom stereocenters. The SMILES string of the molecule is CCCC(C)C(CO)NC. The number of hydrogen-bond acceptors (Lipinski definition) is 2. The van der Waals surface area contributed by atoms with Crippen LogP contribution in [0.1, 0.15) is 26.7 Å². The molecule has 0 aliphatic rings. The summed E-state index contributed by atoms with van der Waals surface area (Å²) in [6, 6.07) is 0.278. The number of aliphatic hydroxyl groups excluding tert-OH is 1. The van der Waals surface area contributed by atoms with Crippen LogP contribution >= 0.6 is 0 Å². The van der Waals surface area contributed by atoms with Crippen molar-refractivity contribution in [2.75, 3.05) is 13.7 Å². The first kappa shape index (κ1) is 9.92. The molecule has 0 aromatic rings. The second kappa shape index (κ2) is 5.69. The Kier molecular flexibility index (Phi) is 5.64. The fraction of sp³-hybridized carbons (Fsp3) is 1.00. The van der Waals surface area contributed by atoms with Crippen molar-refractivity contribution < 1.29 is 5.11 Å². The van der Waals surface area contributed by atoms with E-state index in [-0.39, 0.29) is 12.6 Å². The zero-order valence-corrected chi connectivity index (χ0v) is 7.22. The summed E-state index contributed by atoms with van der Waals surface area (Å²) in [5.74, 6) is 0.583. The van der Waals surface area contributed by atoms with Crippen LogP contribution in [0, 0.1) is 5.92 Å². The molecule has 0 radical (unpaired) electrons. The van der Waals surface area contributed by atoms with Crippen LogP contribution in [-0.2, 0) is 0 Å². The fourth-order valence-corrected chi connectivity index (χ4v) is 1.21. The molecule has 0 aliphatic carbocycles. The lowest BCUT2D eigenvalue weighted by molar-refractivity contribution is 0.206. The Hall–Kier alpha value is -0.0800. The maximum absolute atomic E-state index is 8.86. The number of likely N-dealkylation sites (N-methyl/N-ethyl adjacent to an activating group) is 1. The molecule has 0 rings (SSSR count). The number of aliphatic hydroxyl groups is 1. The highest BCUT2D eigenvalue weighted by atomic mass is 16.3. The molecule has 0 amide bonds. The average Bonchev–Trinajstić information content (AvgIpc) is 1.91. The van der Waals surface area contributed by atoms with E-state index in [9.17, 15) is 0 Å². The number of nitrogens with one attached hydrogen (secondary N) is 1. The van der Waals surface area contributed by atoms with Crippen LogP contribution in [-0.4, -0.2) is 24.8 Å². The lowest BCUT2D eigenvalue weighted by atomic mass is 9.98.